The number of H-pyrrole nitrogens is 1. The van der Waals surface area contributed by atoms with Crippen molar-refractivity contribution in [2.45, 2.75) is 26.7 Å². The fourth-order valence-corrected chi connectivity index (χ4v) is 3.74. The number of rotatable bonds is 4. The van der Waals surface area contributed by atoms with Gasteiger partial charge in [-0.1, -0.05) is 6.92 Å². The molecule has 3 aromatic heterocycles. The summed E-state index contributed by atoms with van der Waals surface area (Å²) in [5, 5.41) is 5.25. The Balaban J connectivity index is 1.57. The third kappa shape index (κ3) is 3.29. The molecule has 1 aliphatic rings. The van der Waals surface area contributed by atoms with Gasteiger partial charge < -0.3 is 14.6 Å². The van der Waals surface area contributed by atoms with Crippen molar-refractivity contribution in [3.8, 4) is 17.0 Å². The lowest BCUT2D eigenvalue weighted by Crippen LogP contribution is -2.43. The van der Waals surface area contributed by atoms with Crippen LogP contribution in [0.5, 0.6) is 5.75 Å². The molecule has 0 spiro atoms. The number of aromatic nitrogens is 4. The minimum Gasteiger partial charge on any atom is -0.492 e. The molecule has 1 N–H and O–H groups in total. The number of likely N-dealkylation sites (tertiary alicyclic amines) is 1. The first-order valence-corrected chi connectivity index (χ1v) is 9.30. The fraction of sp³-hybridized carbons (Fsp3) is 0.450. The van der Waals surface area contributed by atoms with Crippen LogP contribution in [-0.4, -0.2) is 50.3 Å². The normalized spacial score (nSPS) is 16.6. The predicted octanol–water partition coefficient (Wildman–Crippen LogP) is 2.99. The molecule has 0 aromatic carbocycles. The Kier molecular flexibility index (Phi) is 4.37. The molecular weight excluding hydrogens is 342 g/mol. The van der Waals surface area contributed by atoms with Gasteiger partial charge in [-0.05, 0) is 25.0 Å². The second-order valence-corrected chi connectivity index (χ2v) is 7.68. The molecule has 1 aliphatic heterocycles. The Morgan fingerprint density at radius 1 is 1.30 bits per heavy atom. The summed E-state index contributed by atoms with van der Waals surface area (Å²) in [5.41, 5.74) is 2.91. The highest BCUT2D eigenvalue weighted by molar-refractivity contribution is 5.97. The molecule has 0 atom stereocenters. The van der Waals surface area contributed by atoms with Crippen LogP contribution >= 0.6 is 0 Å². The quantitative estimate of drug-likeness (QED) is 0.769. The summed E-state index contributed by atoms with van der Waals surface area (Å²) in [4.78, 5) is 21.1. The number of hydrogen-bond donors (Lipinski definition) is 1. The molecule has 0 bridgehead atoms. The van der Waals surface area contributed by atoms with E-state index in [0.717, 1.165) is 54.0 Å². The third-order valence-electron chi connectivity index (χ3n) is 5.62. The number of pyridine rings is 1. The summed E-state index contributed by atoms with van der Waals surface area (Å²) in [6.45, 7) is 6.09. The molecule has 0 radical (unpaired) electrons. The monoisotopic (exact) mass is 367 g/mol. The van der Waals surface area contributed by atoms with Gasteiger partial charge in [0.25, 0.3) is 0 Å². The van der Waals surface area contributed by atoms with Crippen LogP contribution in [-0.2, 0) is 11.8 Å². The van der Waals surface area contributed by atoms with Gasteiger partial charge in [-0.15, -0.1) is 0 Å². The fourth-order valence-electron chi connectivity index (χ4n) is 3.74. The van der Waals surface area contributed by atoms with Gasteiger partial charge in [0.1, 0.15) is 11.4 Å². The smallest absolute Gasteiger partial charge is 0.219 e. The molecule has 7 heteroatoms. The van der Waals surface area contributed by atoms with Crippen molar-refractivity contribution < 1.29 is 9.53 Å². The van der Waals surface area contributed by atoms with Crippen LogP contribution in [0.3, 0.4) is 0 Å². The van der Waals surface area contributed by atoms with Gasteiger partial charge in [0.05, 0.1) is 17.7 Å². The molecule has 142 valence electrons. The highest BCUT2D eigenvalue weighted by Crippen LogP contribution is 2.36. The van der Waals surface area contributed by atoms with Gasteiger partial charge in [0, 0.05) is 56.6 Å². The number of fused-ring (bicyclic) bond motifs is 1. The number of nitrogens with zero attached hydrogens (tertiary/aromatic N) is 4. The first kappa shape index (κ1) is 17.6. The Bertz CT molecular complexity index is 966. The Labute approximate surface area is 158 Å². The van der Waals surface area contributed by atoms with Crippen LogP contribution in [0.25, 0.3) is 22.3 Å². The van der Waals surface area contributed by atoms with E-state index >= 15 is 0 Å². The van der Waals surface area contributed by atoms with Crippen molar-refractivity contribution in [3.05, 3.63) is 30.7 Å². The first-order chi connectivity index (χ1) is 13.0. The van der Waals surface area contributed by atoms with E-state index < -0.39 is 0 Å². The standard InChI is InChI=1S/C20H25N5O2/c1-14(26)25-10-6-20(2,7-11-25)13-27-17-5-8-21-19-18(17)15(12-22-19)16-4-9-23-24(16)3/h4-5,8-9,12H,6-7,10-11,13H2,1-3H3,(H,21,22). The van der Waals surface area contributed by atoms with E-state index in [1.165, 1.54) is 0 Å². The van der Waals surface area contributed by atoms with E-state index in [1.807, 2.05) is 35.0 Å². The number of aryl methyl sites for hydroxylation is 1. The number of carbonyl (C=O) groups excluding carboxylic acids is 1. The predicted molar refractivity (Wildman–Crippen MR) is 103 cm³/mol. The number of piperidine rings is 1. The maximum atomic E-state index is 11.6. The molecule has 27 heavy (non-hydrogen) atoms. The summed E-state index contributed by atoms with van der Waals surface area (Å²) in [5.74, 6) is 0.981. The maximum Gasteiger partial charge on any atom is 0.219 e. The van der Waals surface area contributed by atoms with E-state index in [1.54, 1.807) is 19.3 Å². The minimum absolute atomic E-state index is 0.0601. The van der Waals surface area contributed by atoms with E-state index in [0.29, 0.717) is 6.61 Å². The van der Waals surface area contributed by atoms with Crippen molar-refractivity contribution in [1.29, 1.82) is 0 Å². The summed E-state index contributed by atoms with van der Waals surface area (Å²) in [7, 11) is 1.93. The number of nitrogens with one attached hydrogen (secondary N) is 1. The molecule has 3 aromatic rings. The number of amides is 1. The zero-order valence-corrected chi connectivity index (χ0v) is 16.0. The van der Waals surface area contributed by atoms with Crippen LogP contribution in [0.2, 0.25) is 0 Å². The van der Waals surface area contributed by atoms with Gasteiger partial charge in [0.15, 0.2) is 0 Å². The van der Waals surface area contributed by atoms with E-state index in [9.17, 15) is 4.79 Å². The topological polar surface area (TPSA) is 76.0 Å². The Hall–Kier alpha value is -2.83. The SMILES string of the molecule is CC(=O)N1CCC(C)(COc2ccnc3[nH]cc(-c4ccnn4C)c23)CC1. The van der Waals surface area contributed by atoms with E-state index in [4.69, 9.17) is 4.74 Å². The summed E-state index contributed by atoms with van der Waals surface area (Å²) in [6.07, 6.45) is 7.40. The Morgan fingerprint density at radius 2 is 2.07 bits per heavy atom. The first-order valence-electron chi connectivity index (χ1n) is 9.30. The van der Waals surface area contributed by atoms with Crippen LogP contribution in [0.1, 0.15) is 26.7 Å². The highest BCUT2D eigenvalue weighted by atomic mass is 16.5. The molecule has 1 amide bonds. The Morgan fingerprint density at radius 3 is 2.74 bits per heavy atom. The van der Waals surface area contributed by atoms with Gasteiger partial charge in [0.2, 0.25) is 5.91 Å². The van der Waals surface area contributed by atoms with Crippen molar-refractivity contribution in [2.24, 2.45) is 12.5 Å². The maximum absolute atomic E-state index is 11.6. The minimum atomic E-state index is 0.0601. The summed E-state index contributed by atoms with van der Waals surface area (Å²) in [6, 6.07) is 3.91. The average Bonchev–Trinajstić information content (AvgIpc) is 3.26. The summed E-state index contributed by atoms with van der Waals surface area (Å²) < 4.78 is 8.15. The van der Waals surface area contributed by atoms with Crippen molar-refractivity contribution in [1.82, 2.24) is 24.6 Å². The zero-order valence-electron chi connectivity index (χ0n) is 16.0. The van der Waals surface area contributed by atoms with Crippen molar-refractivity contribution in [3.63, 3.8) is 0 Å². The molecule has 0 unspecified atom stereocenters. The van der Waals surface area contributed by atoms with Crippen LogP contribution in [0.4, 0.5) is 0 Å². The molecule has 1 fully saturated rings. The number of ether oxygens (including phenoxy) is 1. The van der Waals surface area contributed by atoms with Gasteiger partial charge in [-0.2, -0.15) is 5.10 Å². The van der Waals surface area contributed by atoms with Gasteiger partial charge in [-0.25, -0.2) is 4.98 Å². The lowest BCUT2D eigenvalue weighted by atomic mass is 9.81. The van der Waals surface area contributed by atoms with Crippen LogP contribution in [0.15, 0.2) is 30.7 Å². The van der Waals surface area contributed by atoms with Crippen LogP contribution < -0.4 is 4.74 Å². The number of aromatic amines is 1. The summed E-state index contributed by atoms with van der Waals surface area (Å²) >= 11 is 0. The largest absolute Gasteiger partial charge is 0.492 e. The van der Waals surface area contributed by atoms with Gasteiger partial charge in [-0.3, -0.25) is 9.48 Å². The lowest BCUT2D eigenvalue weighted by Gasteiger charge is -2.38. The van der Waals surface area contributed by atoms with E-state index in [-0.39, 0.29) is 11.3 Å². The van der Waals surface area contributed by atoms with Gasteiger partial charge >= 0.3 is 0 Å². The third-order valence-corrected chi connectivity index (χ3v) is 5.62. The number of hydrogen-bond acceptors (Lipinski definition) is 4. The molecule has 0 aliphatic carbocycles. The molecule has 0 saturated carbocycles. The van der Waals surface area contributed by atoms with E-state index in [2.05, 4.69) is 22.0 Å². The average molecular weight is 367 g/mol. The molecule has 7 nitrogen and oxygen atoms in total. The second-order valence-electron chi connectivity index (χ2n) is 7.68. The zero-order chi connectivity index (χ0) is 19.0. The molecule has 1 saturated heterocycles. The second kappa shape index (κ2) is 6.72. The van der Waals surface area contributed by atoms with Crippen molar-refractivity contribution in [2.75, 3.05) is 19.7 Å². The number of carbonyl (C=O) groups is 1. The molecule has 4 heterocycles. The molecular formula is C20H25N5O2. The highest BCUT2D eigenvalue weighted by Gasteiger charge is 2.32. The van der Waals surface area contributed by atoms with Crippen LogP contribution in [0, 0.1) is 5.41 Å². The van der Waals surface area contributed by atoms with Crippen molar-refractivity contribution >= 4 is 16.9 Å². The lowest BCUT2D eigenvalue weighted by molar-refractivity contribution is -0.131. The molecule has 4 rings (SSSR count).